The molecule has 0 unspecified atom stereocenters. The van der Waals surface area contributed by atoms with Crippen molar-refractivity contribution in [2.24, 2.45) is 0 Å². The first-order valence-corrected chi connectivity index (χ1v) is 4.66. The highest BCUT2D eigenvalue weighted by molar-refractivity contribution is 5.36. The first-order chi connectivity index (χ1) is 7.18. The van der Waals surface area contributed by atoms with Crippen LogP contribution in [-0.2, 0) is 0 Å². The van der Waals surface area contributed by atoms with Crippen molar-refractivity contribution in [3.05, 3.63) is 58.5 Å². The van der Waals surface area contributed by atoms with Gasteiger partial charge in [0, 0.05) is 17.4 Å². The van der Waals surface area contributed by atoms with Gasteiger partial charge in [-0.3, -0.25) is 4.79 Å². The second-order valence-corrected chi connectivity index (χ2v) is 3.37. The molecule has 3 nitrogen and oxygen atoms in total. The number of pyridine rings is 1. The van der Waals surface area contributed by atoms with E-state index in [1.165, 1.54) is 12.3 Å². The maximum absolute atomic E-state index is 11.2. The van der Waals surface area contributed by atoms with Crippen molar-refractivity contribution in [1.82, 2.24) is 4.57 Å². The van der Waals surface area contributed by atoms with E-state index in [-0.39, 0.29) is 11.2 Å². The third kappa shape index (κ3) is 1.76. The number of hydrogen-bond donors (Lipinski definition) is 1. The topological polar surface area (TPSA) is 42.2 Å². The quantitative estimate of drug-likeness (QED) is 0.765. The maximum atomic E-state index is 11.2. The predicted octanol–water partition coefficient (Wildman–Crippen LogP) is 1.85. The molecule has 0 fully saturated rings. The smallest absolute Gasteiger partial charge is 0.223 e. The van der Waals surface area contributed by atoms with E-state index in [9.17, 15) is 9.90 Å². The minimum atomic E-state index is -0.348. The largest absolute Gasteiger partial charge is 0.503 e. The number of aromatic nitrogens is 1. The molecule has 15 heavy (non-hydrogen) atoms. The van der Waals surface area contributed by atoms with Crippen LogP contribution in [0.2, 0.25) is 0 Å². The summed E-state index contributed by atoms with van der Waals surface area (Å²) in [5, 5.41) is 9.35. The fourth-order valence-electron chi connectivity index (χ4n) is 1.49. The third-order valence-corrected chi connectivity index (χ3v) is 2.26. The third-order valence-electron chi connectivity index (χ3n) is 2.26. The number of aromatic hydroxyl groups is 1. The van der Waals surface area contributed by atoms with Gasteiger partial charge in [0.25, 0.3) is 0 Å². The summed E-state index contributed by atoms with van der Waals surface area (Å²) in [5.41, 5.74) is 1.37. The van der Waals surface area contributed by atoms with Crippen LogP contribution < -0.4 is 5.43 Å². The molecule has 0 spiro atoms. The van der Waals surface area contributed by atoms with Crippen LogP contribution in [0.5, 0.6) is 5.75 Å². The highest BCUT2D eigenvalue weighted by atomic mass is 16.3. The Kier molecular flexibility index (Phi) is 2.29. The van der Waals surface area contributed by atoms with Gasteiger partial charge in [0.1, 0.15) is 0 Å². The van der Waals surface area contributed by atoms with Gasteiger partial charge in [-0.1, -0.05) is 18.2 Å². The Morgan fingerprint density at radius 2 is 1.87 bits per heavy atom. The molecular formula is C12H11NO2. The van der Waals surface area contributed by atoms with E-state index in [4.69, 9.17) is 0 Å². The molecule has 1 N–H and O–H groups in total. The zero-order chi connectivity index (χ0) is 10.8. The van der Waals surface area contributed by atoms with Crippen LogP contribution in [0.4, 0.5) is 0 Å². The molecule has 0 saturated heterocycles. The summed E-state index contributed by atoms with van der Waals surface area (Å²) in [6.07, 6.45) is 1.44. The lowest BCUT2D eigenvalue weighted by molar-refractivity contribution is 0.465. The highest BCUT2D eigenvalue weighted by Gasteiger charge is 2.02. The molecule has 0 saturated carbocycles. The molecule has 0 aliphatic carbocycles. The first-order valence-electron chi connectivity index (χ1n) is 4.66. The zero-order valence-electron chi connectivity index (χ0n) is 8.34. The van der Waals surface area contributed by atoms with Gasteiger partial charge in [-0.05, 0) is 19.1 Å². The van der Waals surface area contributed by atoms with E-state index in [1.54, 1.807) is 4.57 Å². The number of aryl methyl sites for hydroxylation is 1. The Morgan fingerprint density at radius 3 is 2.53 bits per heavy atom. The second-order valence-electron chi connectivity index (χ2n) is 3.37. The lowest BCUT2D eigenvalue weighted by atomic mass is 10.2. The lowest BCUT2D eigenvalue weighted by Gasteiger charge is -2.10. The molecule has 0 aliphatic rings. The van der Waals surface area contributed by atoms with Gasteiger partial charge in [0.2, 0.25) is 5.43 Å². The summed E-state index contributed by atoms with van der Waals surface area (Å²) < 4.78 is 1.77. The molecule has 0 atom stereocenters. The van der Waals surface area contributed by atoms with Crippen molar-refractivity contribution in [2.75, 3.05) is 0 Å². The van der Waals surface area contributed by atoms with Crippen LogP contribution >= 0.6 is 0 Å². The van der Waals surface area contributed by atoms with Gasteiger partial charge >= 0.3 is 0 Å². The molecule has 1 aromatic carbocycles. The monoisotopic (exact) mass is 201 g/mol. The van der Waals surface area contributed by atoms with Gasteiger partial charge in [-0.25, -0.2) is 0 Å². The minimum absolute atomic E-state index is 0.232. The molecule has 0 radical (unpaired) electrons. The summed E-state index contributed by atoms with van der Waals surface area (Å²) in [6, 6.07) is 11.0. The standard InChI is InChI=1S/C12H11NO2/c1-9-7-11(14)12(15)8-13(9)10-5-3-2-4-6-10/h2-8,15H,1H3. The second kappa shape index (κ2) is 3.61. The van der Waals surface area contributed by atoms with Gasteiger partial charge in [-0.15, -0.1) is 0 Å². The zero-order valence-corrected chi connectivity index (χ0v) is 8.34. The fourth-order valence-corrected chi connectivity index (χ4v) is 1.49. The highest BCUT2D eigenvalue weighted by Crippen LogP contribution is 2.12. The summed E-state index contributed by atoms with van der Waals surface area (Å²) in [7, 11) is 0. The molecule has 1 aromatic heterocycles. The van der Waals surface area contributed by atoms with Crippen molar-refractivity contribution >= 4 is 0 Å². The Labute approximate surface area is 87.2 Å². The van der Waals surface area contributed by atoms with Crippen molar-refractivity contribution in [2.45, 2.75) is 6.92 Å². The van der Waals surface area contributed by atoms with E-state index in [0.717, 1.165) is 11.4 Å². The van der Waals surface area contributed by atoms with Crippen LogP contribution in [-0.4, -0.2) is 9.67 Å². The van der Waals surface area contributed by atoms with E-state index in [2.05, 4.69) is 0 Å². The Balaban J connectivity index is 2.64. The van der Waals surface area contributed by atoms with Crippen LogP contribution in [0.15, 0.2) is 47.4 Å². The van der Waals surface area contributed by atoms with Crippen molar-refractivity contribution < 1.29 is 5.11 Å². The molecule has 2 aromatic rings. The van der Waals surface area contributed by atoms with Crippen LogP contribution in [0.1, 0.15) is 5.69 Å². The molecule has 0 aliphatic heterocycles. The molecule has 3 heteroatoms. The molecular weight excluding hydrogens is 190 g/mol. The van der Waals surface area contributed by atoms with E-state index >= 15 is 0 Å². The summed E-state index contributed by atoms with van der Waals surface area (Å²) in [5.74, 6) is -0.232. The minimum Gasteiger partial charge on any atom is -0.503 e. The normalized spacial score (nSPS) is 10.2. The Hall–Kier alpha value is -2.03. The van der Waals surface area contributed by atoms with Gasteiger partial charge < -0.3 is 9.67 Å². The van der Waals surface area contributed by atoms with E-state index in [1.807, 2.05) is 37.3 Å². The van der Waals surface area contributed by atoms with Crippen molar-refractivity contribution in [1.29, 1.82) is 0 Å². The molecule has 1 heterocycles. The molecule has 2 rings (SSSR count). The van der Waals surface area contributed by atoms with Crippen LogP contribution in [0.25, 0.3) is 5.69 Å². The van der Waals surface area contributed by atoms with Crippen LogP contribution in [0.3, 0.4) is 0 Å². The number of hydrogen-bond acceptors (Lipinski definition) is 2. The lowest BCUT2D eigenvalue weighted by Crippen LogP contribution is -2.07. The maximum Gasteiger partial charge on any atom is 0.223 e. The van der Waals surface area contributed by atoms with E-state index < -0.39 is 0 Å². The van der Waals surface area contributed by atoms with Gasteiger partial charge in [0.15, 0.2) is 5.75 Å². The van der Waals surface area contributed by atoms with Crippen molar-refractivity contribution in [3.63, 3.8) is 0 Å². The molecule has 0 bridgehead atoms. The summed E-state index contributed by atoms with van der Waals surface area (Å²) in [4.78, 5) is 11.2. The summed E-state index contributed by atoms with van der Waals surface area (Å²) in [6.45, 7) is 1.83. The number of rotatable bonds is 1. The number of nitrogens with zero attached hydrogens (tertiary/aromatic N) is 1. The Morgan fingerprint density at radius 1 is 1.20 bits per heavy atom. The van der Waals surface area contributed by atoms with Crippen LogP contribution in [0, 0.1) is 6.92 Å². The average molecular weight is 201 g/mol. The molecule has 0 amide bonds. The molecule has 76 valence electrons. The SMILES string of the molecule is Cc1cc(=O)c(O)cn1-c1ccccc1. The fraction of sp³-hybridized carbons (Fsp3) is 0.0833. The van der Waals surface area contributed by atoms with Crippen molar-refractivity contribution in [3.8, 4) is 11.4 Å². The van der Waals surface area contributed by atoms with E-state index in [0.29, 0.717) is 0 Å². The van der Waals surface area contributed by atoms with Gasteiger partial charge in [-0.2, -0.15) is 0 Å². The first kappa shape index (κ1) is 9.52. The Bertz CT molecular complexity index is 529. The predicted molar refractivity (Wildman–Crippen MR) is 58.4 cm³/mol. The number of para-hydroxylation sites is 1. The van der Waals surface area contributed by atoms with Gasteiger partial charge in [0.05, 0.1) is 6.20 Å². The number of benzene rings is 1. The summed E-state index contributed by atoms with van der Waals surface area (Å²) >= 11 is 0. The average Bonchev–Trinajstić information content (AvgIpc) is 2.25.